The summed E-state index contributed by atoms with van der Waals surface area (Å²) in [6, 6.07) is 0. The Morgan fingerprint density at radius 1 is 1.10 bits per heavy atom. The molecule has 0 heterocycles. The lowest BCUT2D eigenvalue weighted by atomic mass is 9.47. The van der Waals surface area contributed by atoms with Crippen LogP contribution in [0.25, 0.3) is 0 Å². The lowest BCUT2D eigenvalue weighted by molar-refractivity contribution is -0.0540. The van der Waals surface area contributed by atoms with Crippen molar-refractivity contribution >= 4 is 0 Å². The highest BCUT2D eigenvalue weighted by atomic mass is 16.3. The van der Waals surface area contributed by atoms with Crippen molar-refractivity contribution in [3.8, 4) is 0 Å². The molecule has 4 aliphatic carbocycles. The van der Waals surface area contributed by atoms with Crippen LogP contribution in [0.2, 0.25) is 0 Å². The number of fused-ring (bicyclic) bond motifs is 5. The third-order valence-electron chi connectivity index (χ3n) is 10.6. The van der Waals surface area contributed by atoms with E-state index in [0.717, 1.165) is 42.9 Å². The van der Waals surface area contributed by atoms with Gasteiger partial charge in [-0.15, -0.1) is 0 Å². The van der Waals surface area contributed by atoms with Gasteiger partial charge in [0.15, 0.2) is 0 Å². The Labute approximate surface area is 188 Å². The highest BCUT2D eigenvalue weighted by Gasteiger charge is 2.58. The second-order valence-corrected chi connectivity index (χ2v) is 12.2. The summed E-state index contributed by atoms with van der Waals surface area (Å²) in [7, 11) is 0. The number of rotatable bonds is 5. The Morgan fingerprint density at radius 2 is 1.87 bits per heavy atom. The molecule has 0 bridgehead atoms. The van der Waals surface area contributed by atoms with Crippen LogP contribution in [0.1, 0.15) is 101 Å². The first-order valence-electron chi connectivity index (χ1n) is 13.6. The highest BCUT2D eigenvalue weighted by Crippen LogP contribution is 2.67. The van der Waals surface area contributed by atoms with Gasteiger partial charge in [0.2, 0.25) is 0 Å². The van der Waals surface area contributed by atoms with E-state index in [0.29, 0.717) is 22.7 Å². The van der Waals surface area contributed by atoms with Gasteiger partial charge in [-0.1, -0.05) is 65.3 Å². The summed E-state index contributed by atoms with van der Waals surface area (Å²) >= 11 is 0. The van der Waals surface area contributed by atoms with Crippen LogP contribution in [0.15, 0.2) is 23.8 Å². The van der Waals surface area contributed by atoms with Gasteiger partial charge in [0.1, 0.15) is 0 Å². The number of aliphatic hydroxyl groups excluding tert-OH is 1. The maximum absolute atomic E-state index is 10.2. The molecule has 9 atom stereocenters. The Bertz CT molecular complexity index is 717. The largest absolute Gasteiger partial charge is 0.393 e. The van der Waals surface area contributed by atoms with Gasteiger partial charge in [-0.25, -0.2) is 0 Å². The summed E-state index contributed by atoms with van der Waals surface area (Å²) in [4.78, 5) is 0. The zero-order chi connectivity index (χ0) is 22.6. The molecule has 3 fully saturated rings. The van der Waals surface area contributed by atoms with E-state index in [2.05, 4.69) is 59.8 Å². The van der Waals surface area contributed by atoms with Crippen LogP contribution < -0.4 is 0 Å². The highest BCUT2D eigenvalue weighted by molar-refractivity contribution is 5.25. The summed E-state index contributed by atoms with van der Waals surface area (Å²) in [5.74, 6) is 3.89. The molecule has 1 nitrogen and oxygen atoms in total. The van der Waals surface area contributed by atoms with Crippen LogP contribution in [-0.4, -0.2) is 11.2 Å². The van der Waals surface area contributed by atoms with Crippen LogP contribution in [0.5, 0.6) is 0 Å². The van der Waals surface area contributed by atoms with Crippen molar-refractivity contribution in [2.45, 2.75) is 105 Å². The molecule has 30 heavy (non-hydrogen) atoms. The fourth-order valence-electron chi connectivity index (χ4n) is 8.73. The maximum atomic E-state index is 10.2. The zero-order valence-electron chi connectivity index (χ0n) is 21.6. The van der Waals surface area contributed by atoms with Gasteiger partial charge in [-0.3, -0.25) is 0 Å². The Balaban J connectivity index is 1.52. The molecule has 0 aliphatic heterocycles. The van der Waals surface area contributed by atoms with Crippen molar-refractivity contribution in [2.75, 3.05) is 0 Å². The lowest BCUT2D eigenvalue weighted by Gasteiger charge is -2.58. The maximum Gasteiger partial charge on any atom is 0.0577 e. The average molecular weight is 414 g/mol. The molecule has 0 radical (unpaired) electrons. The van der Waals surface area contributed by atoms with E-state index in [1.807, 2.05) is 0 Å². The fourth-order valence-corrected chi connectivity index (χ4v) is 8.73. The van der Waals surface area contributed by atoms with Crippen molar-refractivity contribution in [1.82, 2.24) is 0 Å². The summed E-state index contributed by atoms with van der Waals surface area (Å²) < 4.78 is 8.46. The summed E-state index contributed by atoms with van der Waals surface area (Å²) in [6.45, 7) is 14.0. The third-order valence-corrected chi connectivity index (χ3v) is 10.6. The first-order valence-corrected chi connectivity index (χ1v) is 13.1. The van der Waals surface area contributed by atoms with Gasteiger partial charge < -0.3 is 5.11 Å². The van der Waals surface area contributed by atoms with E-state index in [1.165, 1.54) is 38.5 Å². The standard InChI is InChI=1S/C29H48O/c1-7-21(19(2)3)9-8-20(4)25-12-13-26-24-11-10-22-18-23(30)14-16-28(22,5)27(24)15-17-29(25,26)6/h8-10,19-21,23-27,30H,7,11-18H2,1-6H3/b9-8+/t20-,21+,23+,24+,25-,26+,27+,28+,29-/m1/s1/i19D. The van der Waals surface area contributed by atoms with Crippen LogP contribution >= 0.6 is 0 Å². The van der Waals surface area contributed by atoms with E-state index in [1.54, 1.807) is 5.57 Å². The predicted octanol–water partition coefficient (Wildman–Crippen LogP) is 7.80. The van der Waals surface area contributed by atoms with E-state index in [9.17, 15) is 5.11 Å². The minimum Gasteiger partial charge on any atom is -0.393 e. The van der Waals surface area contributed by atoms with Crippen molar-refractivity contribution in [3.63, 3.8) is 0 Å². The number of hydrogen-bond donors (Lipinski definition) is 1. The molecule has 1 heteroatoms. The molecular formula is C29H48O. The van der Waals surface area contributed by atoms with Gasteiger partial charge in [0, 0.05) is 1.37 Å². The minimum absolute atomic E-state index is 0.103. The molecule has 1 N–H and O–H groups in total. The van der Waals surface area contributed by atoms with Gasteiger partial charge in [-0.05, 0) is 110 Å². The quantitative estimate of drug-likeness (QED) is 0.456. The molecule has 0 saturated heterocycles. The topological polar surface area (TPSA) is 20.2 Å². The second kappa shape index (κ2) is 8.42. The van der Waals surface area contributed by atoms with Crippen molar-refractivity contribution in [1.29, 1.82) is 0 Å². The number of allylic oxidation sites excluding steroid dienone is 3. The molecule has 0 amide bonds. The molecule has 0 aromatic carbocycles. The number of aliphatic hydroxyl groups is 1. The minimum atomic E-state index is -0.389. The van der Waals surface area contributed by atoms with Gasteiger partial charge in [0.05, 0.1) is 6.10 Å². The monoisotopic (exact) mass is 413 g/mol. The van der Waals surface area contributed by atoms with Crippen LogP contribution in [0.3, 0.4) is 0 Å². The van der Waals surface area contributed by atoms with Gasteiger partial charge in [-0.2, -0.15) is 0 Å². The molecule has 0 spiro atoms. The zero-order valence-corrected chi connectivity index (χ0v) is 20.6. The first kappa shape index (κ1) is 21.3. The molecular weight excluding hydrogens is 364 g/mol. The normalized spacial score (nSPS) is 46.4. The van der Waals surface area contributed by atoms with Gasteiger partial charge >= 0.3 is 0 Å². The first-order chi connectivity index (χ1) is 14.5. The Hall–Kier alpha value is -0.560. The fraction of sp³-hybridized carbons (Fsp3) is 0.862. The molecule has 170 valence electrons. The number of hydrogen-bond acceptors (Lipinski definition) is 1. The molecule has 4 rings (SSSR count). The van der Waals surface area contributed by atoms with Crippen molar-refractivity contribution < 1.29 is 6.48 Å². The summed E-state index contributed by atoms with van der Waals surface area (Å²) in [6.07, 6.45) is 18.3. The van der Waals surface area contributed by atoms with Crippen LogP contribution in [0, 0.1) is 52.2 Å². The molecule has 0 unspecified atom stereocenters. The smallest absolute Gasteiger partial charge is 0.0577 e. The van der Waals surface area contributed by atoms with E-state index < -0.39 is 0 Å². The second-order valence-electron chi connectivity index (χ2n) is 12.2. The van der Waals surface area contributed by atoms with E-state index >= 15 is 0 Å². The summed E-state index contributed by atoms with van der Waals surface area (Å²) in [5.41, 5.74) is 2.41. The SMILES string of the molecule is [2H]C(C)(C)[C@H](/C=C/[C@@H](C)[C@H]1CC[C@H]2[C@@H]3CC=C4C[C@@H](O)CC[C@]4(C)[C@H]3CC[C@]12C)CC. The predicted molar refractivity (Wildman–Crippen MR) is 128 cm³/mol. The Morgan fingerprint density at radius 3 is 2.57 bits per heavy atom. The lowest BCUT2D eigenvalue weighted by Crippen LogP contribution is -2.50. The third kappa shape index (κ3) is 3.66. The van der Waals surface area contributed by atoms with E-state index in [-0.39, 0.29) is 12.0 Å². The molecule has 0 aromatic rings. The average Bonchev–Trinajstić information content (AvgIpc) is 3.05. The molecule has 0 aromatic heterocycles. The van der Waals surface area contributed by atoms with Crippen LogP contribution in [-0.2, 0) is 0 Å². The van der Waals surface area contributed by atoms with Gasteiger partial charge in [0.25, 0.3) is 0 Å². The summed E-state index contributed by atoms with van der Waals surface area (Å²) in [5, 5.41) is 10.2. The van der Waals surface area contributed by atoms with Crippen molar-refractivity contribution in [2.24, 2.45) is 52.2 Å². The van der Waals surface area contributed by atoms with Crippen LogP contribution in [0.4, 0.5) is 0 Å². The molecule has 4 aliphatic rings. The van der Waals surface area contributed by atoms with E-state index in [4.69, 9.17) is 1.37 Å². The Kier molecular flexibility index (Phi) is 5.97. The molecule has 3 saturated carbocycles. The van der Waals surface area contributed by atoms with Crippen molar-refractivity contribution in [3.05, 3.63) is 23.8 Å².